The van der Waals surface area contributed by atoms with Gasteiger partial charge in [-0.15, -0.1) is 0 Å². The Balaban J connectivity index is 1.41. The van der Waals surface area contributed by atoms with Gasteiger partial charge in [0.1, 0.15) is 17.6 Å². The number of hydrogen-bond donors (Lipinski definition) is 1. The average molecular weight is 603 g/mol. The molecule has 0 saturated carbocycles. The third kappa shape index (κ3) is 4.92. The molecule has 42 heavy (non-hydrogen) atoms. The summed E-state index contributed by atoms with van der Waals surface area (Å²) < 4.78 is 15.1. The first-order chi connectivity index (χ1) is 20.1. The summed E-state index contributed by atoms with van der Waals surface area (Å²) >= 11 is 2.14. The number of thioether (sulfide) groups is 1. The number of fused-ring (bicyclic) bond motifs is 2. The molecule has 1 saturated heterocycles. The highest BCUT2D eigenvalue weighted by molar-refractivity contribution is 8.00. The second-order valence-corrected chi connectivity index (χ2v) is 12.7. The highest BCUT2D eigenvalue weighted by Crippen LogP contribution is 2.54. The maximum Gasteiger partial charge on any atom is 0.308 e. The molecule has 4 aromatic rings. The van der Waals surface area contributed by atoms with Gasteiger partial charge in [0.25, 0.3) is 0 Å². The van der Waals surface area contributed by atoms with E-state index in [0.29, 0.717) is 21.3 Å². The molecule has 0 spiro atoms. The fraction of sp³-hybridized carbons (Fsp3) is 0.226. The SMILES string of the molecule is Cc1cccc(NC(=O)Cn2c3c(sc2=O)[C@H](c2ccc(N(C)C)cc2)C2C(=O)N(c4ccc(F)cc4)C(=O)C2S3)c1. The Labute approximate surface area is 249 Å². The predicted octanol–water partition coefficient (Wildman–Crippen LogP) is 4.86. The van der Waals surface area contributed by atoms with E-state index in [1.54, 1.807) is 6.07 Å². The fourth-order valence-corrected chi connectivity index (χ4v) is 8.28. The maximum absolute atomic E-state index is 13.9. The molecule has 8 nitrogen and oxygen atoms in total. The van der Waals surface area contributed by atoms with Gasteiger partial charge in [-0.05, 0) is 66.6 Å². The van der Waals surface area contributed by atoms with Crippen molar-refractivity contribution in [1.82, 2.24) is 4.57 Å². The zero-order valence-electron chi connectivity index (χ0n) is 23.0. The lowest BCUT2D eigenvalue weighted by molar-refractivity contribution is -0.122. The molecule has 3 amide bonds. The molecule has 2 unspecified atom stereocenters. The minimum atomic E-state index is -0.825. The van der Waals surface area contributed by atoms with E-state index in [1.807, 2.05) is 68.4 Å². The monoisotopic (exact) mass is 602 g/mol. The van der Waals surface area contributed by atoms with Crippen LogP contribution < -0.4 is 20.0 Å². The maximum atomic E-state index is 13.9. The molecular weight excluding hydrogens is 575 g/mol. The standard InChI is InChI=1S/C31H27FN4O4S2/c1-17-5-4-6-20(15-17)33-23(37)16-35-30-27(42-31(35)40)24(18-7-11-21(12-8-18)34(2)3)25-26(41-30)29(39)36(28(25)38)22-13-9-19(32)10-14-22/h4-15,24-26H,16H2,1-3H3,(H,33,37)/t24-,25?,26?/m1/s1. The normalized spacial score (nSPS) is 19.4. The molecule has 11 heteroatoms. The van der Waals surface area contributed by atoms with Crippen molar-refractivity contribution in [2.75, 3.05) is 29.2 Å². The number of nitrogens with one attached hydrogen (secondary N) is 1. The number of nitrogens with zero attached hydrogens (tertiary/aromatic N) is 3. The Morgan fingerprint density at radius 3 is 2.36 bits per heavy atom. The van der Waals surface area contributed by atoms with Crippen molar-refractivity contribution in [3.63, 3.8) is 0 Å². The zero-order chi connectivity index (χ0) is 29.7. The zero-order valence-corrected chi connectivity index (χ0v) is 24.7. The number of rotatable bonds is 6. The number of thiazole rings is 1. The number of hydrogen-bond acceptors (Lipinski definition) is 7. The first-order valence-corrected chi connectivity index (χ1v) is 15.0. The van der Waals surface area contributed by atoms with Crippen LogP contribution in [0.1, 0.15) is 21.9 Å². The molecule has 0 bridgehead atoms. The van der Waals surface area contributed by atoms with Crippen molar-refractivity contribution in [3.8, 4) is 0 Å². The molecule has 3 aromatic carbocycles. The summed E-state index contributed by atoms with van der Waals surface area (Å²) in [5, 5.41) is 2.53. The van der Waals surface area contributed by atoms with Crippen LogP contribution in [0, 0.1) is 18.7 Å². The van der Waals surface area contributed by atoms with Crippen molar-refractivity contribution in [1.29, 1.82) is 0 Å². The first kappa shape index (κ1) is 27.9. The van der Waals surface area contributed by atoms with Crippen LogP contribution in [0.15, 0.2) is 82.6 Å². The number of benzene rings is 3. The van der Waals surface area contributed by atoms with E-state index in [2.05, 4.69) is 5.32 Å². The molecule has 3 heterocycles. The van der Waals surface area contributed by atoms with Crippen LogP contribution in [-0.2, 0) is 20.9 Å². The largest absolute Gasteiger partial charge is 0.378 e. The van der Waals surface area contributed by atoms with Crippen molar-refractivity contribution < 1.29 is 18.8 Å². The van der Waals surface area contributed by atoms with Gasteiger partial charge in [-0.1, -0.05) is 47.4 Å². The fourth-order valence-electron chi connectivity index (χ4n) is 5.51. The van der Waals surface area contributed by atoms with Crippen LogP contribution in [0.2, 0.25) is 0 Å². The summed E-state index contributed by atoms with van der Waals surface area (Å²) in [6, 6.07) is 20.3. The van der Waals surface area contributed by atoms with Gasteiger partial charge in [-0.25, -0.2) is 9.29 Å². The second kappa shape index (κ2) is 10.9. The van der Waals surface area contributed by atoms with E-state index in [1.165, 1.54) is 28.8 Å². The molecule has 3 atom stereocenters. The summed E-state index contributed by atoms with van der Waals surface area (Å²) in [5.74, 6) is -3.04. The lowest BCUT2D eigenvalue weighted by atomic mass is 9.83. The van der Waals surface area contributed by atoms with Gasteiger partial charge < -0.3 is 10.2 Å². The highest BCUT2D eigenvalue weighted by Gasteiger charge is 2.56. The molecule has 6 rings (SSSR count). The predicted molar refractivity (Wildman–Crippen MR) is 163 cm³/mol. The van der Waals surface area contributed by atoms with Gasteiger partial charge in [0.15, 0.2) is 0 Å². The summed E-state index contributed by atoms with van der Waals surface area (Å²) in [6.07, 6.45) is 0. The summed E-state index contributed by atoms with van der Waals surface area (Å²) in [7, 11) is 3.85. The second-order valence-electron chi connectivity index (χ2n) is 10.6. The summed E-state index contributed by atoms with van der Waals surface area (Å²) in [4.78, 5) is 57.5. The number of carbonyl (C=O) groups excluding carboxylic acids is 3. The van der Waals surface area contributed by atoms with E-state index in [-0.39, 0.29) is 17.3 Å². The minimum Gasteiger partial charge on any atom is -0.378 e. The number of carbonyl (C=O) groups is 3. The van der Waals surface area contributed by atoms with Crippen molar-refractivity contribution in [3.05, 3.63) is 104 Å². The van der Waals surface area contributed by atoms with Crippen LogP contribution in [0.3, 0.4) is 0 Å². The van der Waals surface area contributed by atoms with Crippen LogP contribution in [-0.4, -0.2) is 41.6 Å². The van der Waals surface area contributed by atoms with Crippen molar-refractivity contribution in [2.24, 2.45) is 5.92 Å². The van der Waals surface area contributed by atoms with Gasteiger partial charge in [0.05, 0.1) is 16.6 Å². The third-order valence-electron chi connectivity index (χ3n) is 7.51. The molecule has 1 N–H and O–H groups in total. The van der Waals surface area contributed by atoms with E-state index in [0.717, 1.165) is 44.8 Å². The number of halogens is 1. The van der Waals surface area contributed by atoms with Crippen LogP contribution in [0.25, 0.3) is 0 Å². The molecule has 1 aromatic heterocycles. The quantitative estimate of drug-likeness (QED) is 0.317. The number of imide groups is 1. The minimum absolute atomic E-state index is 0.237. The lowest BCUT2D eigenvalue weighted by Gasteiger charge is -2.31. The van der Waals surface area contributed by atoms with Gasteiger partial charge in [-0.3, -0.25) is 23.7 Å². The lowest BCUT2D eigenvalue weighted by Crippen LogP contribution is -2.33. The molecule has 0 aliphatic carbocycles. The third-order valence-corrected chi connectivity index (χ3v) is 10.1. The van der Waals surface area contributed by atoms with Crippen molar-refractivity contribution in [2.45, 2.75) is 29.7 Å². The smallest absolute Gasteiger partial charge is 0.308 e. The van der Waals surface area contributed by atoms with Gasteiger partial charge in [0, 0.05) is 36.3 Å². The number of aryl methyl sites for hydroxylation is 1. The van der Waals surface area contributed by atoms with Crippen LogP contribution in [0.5, 0.6) is 0 Å². The summed E-state index contributed by atoms with van der Waals surface area (Å²) in [6.45, 7) is 1.68. The van der Waals surface area contributed by atoms with Gasteiger partial charge >= 0.3 is 4.87 Å². The van der Waals surface area contributed by atoms with E-state index >= 15 is 0 Å². The number of amides is 3. The first-order valence-electron chi connectivity index (χ1n) is 13.3. The molecule has 214 valence electrons. The van der Waals surface area contributed by atoms with E-state index in [9.17, 15) is 23.6 Å². The molecular formula is C31H27FN4O4S2. The van der Waals surface area contributed by atoms with Crippen molar-refractivity contribution >= 4 is 57.9 Å². The topological polar surface area (TPSA) is 91.7 Å². The molecule has 2 aliphatic heterocycles. The Morgan fingerprint density at radius 2 is 1.69 bits per heavy atom. The molecule has 0 radical (unpaired) electrons. The Bertz CT molecular complexity index is 1760. The molecule has 2 aliphatic rings. The van der Waals surface area contributed by atoms with E-state index in [4.69, 9.17) is 0 Å². The molecule has 1 fully saturated rings. The Kier molecular flexibility index (Phi) is 7.24. The van der Waals surface area contributed by atoms with Crippen LogP contribution in [0.4, 0.5) is 21.5 Å². The number of aromatic nitrogens is 1. The average Bonchev–Trinajstić information content (AvgIpc) is 3.40. The van der Waals surface area contributed by atoms with Gasteiger partial charge in [-0.2, -0.15) is 0 Å². The van der Waals surface area contributed by atoms with Crippen LogP contribution >= 0.6 is 23.1 Å². The summed E-state index contributed by atoms with van der Waals surface area (Å²) in [5.41, 5.74) is 3.65. The Hall–Kier alpha value is -4.22. The highest BCUT2D eigenvalue weighted by atomic mass is 32.2. The number of anilines is 3. The Morgan fingerprint density at radius 1 is 0.976 bits per heavy atom. The van der Waals surface area contributed by atoms with Gasteiger partial charge in [0.2, 0.25) is 17.7 Å². The van der Waals surface area contributed by atoms with E-state index < -0.39 is 34.7 Å².